The first-order chi connectivity index (χ1) is 16.0. The molecule has 0 fully saturated rings. The molecule has 13 heteroatoms. The van der Waals surface area contributed by atoms with Gasteiger partial charge in [-0.05, 0) is 53.6 Å². The second-order valence-corrected chi connectivity index (χ2v) is 10.2. The summed E-state index contributed by atoms with van der Waals surface area (Å²) in [6.07, 6.45) is -10.4. The summed E-state index contributed by atoms with van der Waals surface area (Å²) in [5, 5.41) is 10.6. The highest BCUT2D eigenvalue weighted by molar-refractivity contribution is 7.93. The highest BCUT2D eigenvalue weighted by Gasteiger charge is 2.56. The fourth-order valence-corrected chi connectivity index (χ4v) is 5.22. The van der Waals surface area contributed by atoms with Crippen LogP contribution in [0.15, 0.2) is 71.6 Å². The van der Waals surface area contributed by atoms with Crippen molar-refractivity contribution >= 4 is 38.9 Å². The first-order valence-corrected chi connectivity index (χ1v) is 11.7. The van der Waals surface area contributed by atoms with Gasteiger partial charge >= 0.3 is 12.4 Å². The largest absolute Gasteiger partial charge is 0.425 e. The smallest absolute Gasteiger partial charge is 0.372 e. The molecule has 0 aromatic heterocycles. The van der Waals surface area contributed by atoms with E-state index in [1.165, 1.54) is 12.1 Å². The van der Waals surface area contributed by atoms with Crippen LogP contribution >= 0.6 is 23.2 Å². The molecule has 0 radical (unpaired) electrons. The normalized spacial score (nSPS) is 14.5. The second kappa shape index (κ2) is 9.20. The number of nitrogens with zero attached hydrogens (tertiary/aromatic N) is 1. The van der Waals surface area contributed by atoms with Crippen molar-refractivity contribution in [2.24, 2.45) is 0 Å². The van der Waals surface area contributed by atoms with E-state index in [0.29, 0.717) is 12.1 Å². The molecule has 0 bridgehead atoms. The van der Waals surface area contributed by atoms with E-state index in [1.54, 1.807) is 0 Å². The third kappa shape index (κ3) is 5.09. The minimum atomic E-state index is -5.41. The number of halogens is 8. The van der Waals surface area contributed by atoms with E-state index in [0.717, 1.165) is 47.8 Å². The van der Waals surface area contributed by atoms with E-state index in [1.807, 2.05) is 0 Å². The molecule has 0 saturated heterocycles. The quantitative estimate of drug-likeness (QED) is 0.358. The van der Waals surface area contributed by atoms with Crippen LogP contribution in [-0.2, 0) is 21.8 Å². The third-order valence-corrected chi connectivity index (χ3v) is 7.70. The lowest BCUT2D eigenvalue weighted by atomic mass is 9.84. The van der Waals surface area contributed by atoms with Crippen molar-refractivity contribution in [2.75, 3.05) is 11.4 Å². The summed E-state index contributed by atoms with van der Waals surface area (Å²) >= 11 is 11.8. The van der Waals surface area contributed by atoms with E-state index < -0.39 is 44.7 Å². The Labute approximate surface area is 206 Å². The van der Waals surface area contributed by atoms with E-state index in [2.05, 4.69) is 0 Å². The third-order valence-electron chi connectivity index (χ3n) is 5.20. The minimum absolute atomic E-state index is 0.0769. The lowest BCUT2D eigenvalue weighted by molar-refractivity contribution is -0.248. The Morgan fingerprint density at radius 3 is 1.91 bits per heavy atom. The standard InChI is InChI=1S/C22H15Cl2F6NO3S/c1-31(35(33,34)19-12-16(23)7-10-18(19)24)17-8-5-13(6-9-17)20(32,22(28,29)30)14-3-2-4-15(11-14)21(25,26)27/h2-12,32H,1H3. The first kappa shape index (κ1) is 27.1. The molecule has 1 unspecified atom stereocenters. The molecule has 0 amide bonds. The molecule has 0 aliphatic heterocycles. The van der Waals surface area contributed by atoms with Crippen molar-refractivity contribution in [3.8, 4) is 0 Å². The summed E-state index contributed by atoms with van der Waals surface area (Å²) in [5.74, 6) is 0. The highest BCUT2D eigenvalue weighted by Crippen LogP contribution is 2.46. The molecule has 0 spiro atoms. The molecule has 0 aliphatic carbocycles. The number of alkyl halides is 6. The summed E-state index contributed by atoms with van der Waals surface area (Å²) < 4.78 is 108. The van der Waals surface area contributed by atoms with Crippen LogP contribution in [0, 0.1) is 0 Å². The van der Waals surface area contributed by atoms with Gasteiger partial charge in [-0.15, -0.1) is 0 Å². The Balaban J connectivity index is 2.07. The van der Waals surface area contributed by atoms with Gasteiger partial charge in [0, 0.05) is 12.1 Å². The Hall–Kier alpha value is -2.47. The molecule has 3 rings (SSSR count). The number of aliphatic hydroxyl groups is 1. The van der Waals surface area contributed by atoms with Crippen LogP contribution < -0.4 is 4.31 Å². The number of hydrogen-bond acceptors (Lipinski definition) is 3. The van der Waals surface area contributed by atoms with Crippen molar-refractivity contribution in [2.45, 2.75) is 22.8 Å². The summed E-state index contributed by atoms with van der Waals surface area (Å²) in [5.41, 5.74) is -7.17. The van der Waals surface area contributed by atoms with Crippen LogP contribution in [0.25, 0.3) is 0 Å². The zero-order chi connectivity index (χ0) is 26.4. The molecule has 0 saturated carbocycles. The molecule has 188 valence electrons. The zero-order valence-corrected chi connectivity index (χ0v) is 19.8. The predicted molar refractivity (Wildman–Crippen MR) is 119 cm³/mol. The lowest BCUT2D eigenvalue weighted by Gasteiger charge is -2.32. The summed E-state index contributed by atoms with van der Waals surface area (Å²) in [6, 6.07) is 9.44. The van der Waals surface area contributed by atoms with Crippen LogP contribution in [0.3, 0.4) is 0 Å². The van der Waals surface area contributed by atoms with Gasteiger partial charge in [-0.1, -0.05) is 47.5 Å². The van der Waals surface area contributed by atoms with Gasteiger partial charge in [-0.2, -0.15) is 26.3 Å². The maximum Gasteiger partial charge on any atom is 0.425 e. The van der Waals surface area contributed by atoms with Gasteiger partial charge in [0.25, 0.3) is 10.0 Å². The van der Waals surface area contributed by atoms with Crippen molar-refractivity contribution in [3.63, 3.8) is 0 Å². The van der Waals surface area contributed by atoms with E-state index >= 15 is 0 Å². The Morgan fingerprint density at radius 1 is 0.800 bits per heavy atom. The molecule has 1 atom stereocenters. The summed E-state index contributed by atoms with van der Waals surface area (Å²) in [6.45, 7) is 0. The van der Waals surface area contributed by atoms with E-state index in [9.17, 15) is 39.9 Å². The van der Waals surface area contributed by atoms with Crippen LogP contribution in [0.2, 0.25) is 10.0 Å². The number of anilines is 1. The fourth-order valence-electron chi connectivity index (χ4n) is 3.29. The molecule has 0 heterocycles. The number of benzene rings is 3. The van der Waals surface area contributed by atoms with Crippen molar-refractivity contribution < 1.29 is 39.9 Å². The second-order valence-electron chi connectivity index (χ2n) is 7.38. The molecule has 4 nitrogen and oxygen atoms in total. The van der Waals surface area contributed by atoms with Crippen molar-refractivity contribution in [1.82, 2.24) is 0 Å². The molecule has 3 aromatic carbocycles. The molecule has 0 aliphatic rings. The van der Waals surface area contributed by atoms with Crippen LogP contribution in [0.4, 0.5) is 32.0 Å². The maximum atomic E-state index is 14.0. The Bertz CT molecular complexity index is 1340. The van der Waals surface area contributed by atoms with Crippen LogP contribution in [-0.4, -0.2) is 26.7 Å². The van der Waals surface area contributed by atoms with Gasteiger partial charge in [0.2, 0.25) is 5.60 Å². The minimum Gasteiger partial charge on any atom is -0.372 e. The molecule has 1 N–H and O–H groups in total. The number of rotatable bonds is 5. The number of hydrogen-bond donors (Lipinski definition) is 1. The molecule has 3 aromatic rings. The van der Waals surface area contributed by atoms with Crippen molar-refractivity contribution in [3.05, 3.63) is 93.5 Å². The van der Waals surface area contributed by atoms with Gasteiger partial charge in [0.1, 0.15) is 4.90 Å². The van der Waals surface area contributed by atoms with Crippen molar-refractivity contribution in [1.29, 1.82) is 0 Å². The van der Waals surface area contributed by atoms with Gasteiger partial charge in [-0.3, -0.25) is 4.31 Å². The fraction of sp³-hybridized carbons (Fsp3) is 0.182. The Kier molecular flexibility index (Phi) is 7.13. The molecular weight excluding hydrogens is 543 g/mol. The topological polar surface area (TPSA) is 57.6 Å². The molecular formula is C22H15Cl2F6NO3S. The lowest BCUT2D eigenvalue weighted by Crippen LogP contribution is -2.43. The van der Waals surface area contributed by atoms with Crippen LogP contribution in [0.5, 0.6) is 0 Å². The van der Waals surface area contributed by atoms with Gasteiger partial charge in [0.05, 0.1) is 16.3 Å². The summed E-state index contributed by atoms with van der Waals surface area (Å²) in [4.78, 5) is -0.353. The van der Waals surface area contributed by atoms with Gasteiger partial charge in [-0.25, -0.2) is 8.42 Å². The maximum absolute atomic E-state index is 14.0. The molecule has 35 heavy (non-hydrogen) atoms. The SMILES string of the molecule is CN(c1ccc(C(O)(c2cccc(C(F)(F)F)c2)C(F)(F)F)cc1)S(=O)(=O)c1cc(Cl)ccc1Cl. The average Bonchev–Trinajstić information content (AvgIpc) is 2.78. The number of sulfonamides is 1. The average molecular weight is 558 g/mol. The monoisotopic (exact) mass is 557 g/mol. The van der Waals surface area contributed by atoms with E-state index in [-0.39, 0.29) is 26.7 Å². The first-order valence-electron chi connectivity index (χ1n) is 9.51. The summed E-state index contributed by atoms with van der Waals surface area (Å²) in [7, 11) is -3.17. The highest BCUT2D eigenvalue weighted by atomic mass is 35.5. The van der Waals surface area contributed by atoms with Crippen LogP contribution in [0.1, 0.15) is 16.7 Å². The zero-order valence-electron chi connectivity index (χ0n) is 17.5. The van der Waals surface area contributed by atoms with Gasteiger partial charge < -0.3 is 5.11 Å². The Morgan fingerprint density at radius 2 is 1.37 bits per heavy atom. The van der Waals surface area contributed by atoms with Gasteiger partial charge in [0.15, 0.2) is 0 Å². The predicted octanol–water partition coefficient (Wildman–Crippen LogP) is 6.64. The van der Waals surface area contributed by atoms with E-state index in [4.69, 9.17) is 23.2 Å².